The van der Waals surface area contributed by atoms with E-state index in [0.29, 0.717) is 5.41 Å². The molecule has 126 valence electrons. The second-order valence-electron chi connectivity index (χ2n) is 8.80. The SMILES string of the molecule is Cn1c(N2CCC(O)CC2)nnc1C12CC3CC(CC(C3)C1)C2. The van der Waals surface area contributed by atoms with Gasteiger partial charge in [-0.05, 0) is 69.1 Å². The highest BCUT2D eigenvalue weighted by atomic mass is 16.3. The first-order valence-corrected chi connectivity index (χ1v) is 9.46. The molecule has 23 heavy (non-hydrogen) atoms. The van der Waals surface area contributed by atoms with Crippen molar-refractivity contribution < 1.29 is 5.11 Å². The highest BCUT2D eigenvalue weighted by Crippen LogP contribution is 2.60. The van der Waals surface area contributed by atoms with Gasteiger partial charge in [-0.3, -0.25) is 4.57 Å². The molecule has 4 aliphatic carbocycles. The third-order valence-electron chi connectivity index (χ3n) is 7.11. The maximum atomic E-state index is 9.73. The van der Waals surface area contributed by atoms with Gasteiger partial charge in [0.2, 0.25) is 5.95 Å². The number of rotatable bonds is 2. The van der Waals surface area contributed by atoms with Crippen molar-refractivity contribution in [1.29, 1.82) is 0 Å². The van der Waals surface area contributed by atoms with Crippen molar-refractivity contribution in [1.82, 2.24) is 14.8 Å². The zero-order valence-electron chi connectivity index (χ0n) is 14.1. The maximum Gasteiger partial charge on any atom is 0.226 e. The number of anilines is 1. The fourth-order valence-corrected chi connectivity index (χ4v) is 6.51. The summed E-state index contributed by atoms with van der Waals surface area (Å²) in [4.78, 5) is 2.31. The fraction of sp³-hybridized carbons (Fsp3) is 0.889. The predicted octanol–water partition coefficient (Wildman–Crippen LogP) is 2.24. The molecule has 5 nitrogen and oxygen atoms in total. The van der Waals surface area contributed by atoms with Gasteiger partial charge < -0.3 is 10.0 Å². The average Bonchev–Trinajstić information content (AvgIpc) is 2.89. The summed E-state index contributed by atoms with van der Waals surface area (Å²) in [7, 11) is 2.16. The van der Waals surface area contributed by atoms with E-state index in [4.69, 9.17) is 5.10 Å². The number of hydrogen-bond donors (Lipinski definition) is 1. The number of piperidine rings is 1. The van der Waals surface area contributed by atoms with Crippen molar-refractivity contribution in [3.8, 4) is 0 Å². The van der Waals surface area contributed by atoms with E-state index in [2.05, 4.69) is 21.6 Å². The van der Waals surface area contributed by atoms with Crippen LogP contribution in [0, 0.1) is 17.8 Å². The Balaban J connectivity index is 1.45. The van der Waals surface area contributed by atoms with Gasteiger partial charge in [0.1, 0.15) is 5.82 Å². The molecule has 1 saturated heterocycles. The topological polar surface area (TPSA) is 54.2 Å². The van der Waals surface area contributed by atoms with Crippen LogP contribution in [0.5, 0.6) is 0 Å². The summed E-state index contributed by atoms with van der Waals surface area (Å²) < 4.78 is 2.28. The van der Waals surface area contributed by atoms with Crippen molar-refractivity contribution in [2.24, 2.45) is 24.8 Å². The van der Waals surface area contributed by atoms with Gasteiger partial charge in [0, 0.05) is 25.6 Å². The molecular weight excluding hydrogens is 288 g/mol. The highest BCUT2D eigenvalue weighted by Gasteiger charge is 2.53. The summed E-state index contributed by atoms with van der Waals surface area (Å²) in [5, 5.41) is 19.0. The molecule has 0 amide bonds. The van der Waals surface area contributed by atoms with Gasteiger partial charge in [-0.15, -0.1) is 10.2 Å². The van der Waals surface area contributed by atoms with Crippen LogP contribution in [-0.4, -0.2) is 39.1 Å². The van der Waals surface area contributed by atoms with Gasteiger partial charge in [0.15, 0.2) is 0 Å². The lowest BCUT2D eigenvalue weighted by atomic mass is 9.49. The van der Waals surface area contributed by atoms with E-state index in [1.807, 2.05) is 0 Å². The summed E-state index contributed by atoms with van der Waals surface area (Å²) in [6.07, 6.45) is 9.97. The number of aromatic nitrogens is 3. The van der Waals surface area contributed by atoms with Gasteiger partial charge >= 0.3 is 0 Å². The lowest BCUT2D eigenvalue weighted by molar-refractivity contribution is -0.0107. The Morgan fingerprint density at radius 1 is 0.957 bits per heavy atom. The minimum absolute atomic E-state index is 0.137. The first kappa shape index (κ1) is 14.3. The third kappa shape index (κ3) is 2.15. The molecule has 0 spiro atoms. The quantitative estimate of drug-likeness (QED) is 0.909. The Kier molecular flexibility index (Phi) is 3.07. The van der Waals surface area contributed by atoms with Crippen LogP contribution >= 0.6 is 0 Å². The molecule has 6 rings (SSSR count). The van der Waals surface area contributed by atoms with Gasteiger partial charge in [-0.2, -0.15) is 0 Å². The summed E-state index contributed by atoms with van der Waals surface area (Å²) in [5.74, 6) is 5.07. The Morgan fingerprint density at radius 3 is 2.09 bits per heavy atom. The number of nitrogens with zero attached hydrogens (tertiary/aromatic N) is 4. The van der Waals surface area contributed by atoms with Crippen LogP contribution in [0.15, 0.2) is 0 Å². The predicted molar refractivity (Wildman–Crippen MR) is 88.3 cm³/mol. The Hall–Kier alpha value is -1.10. The first-order valence-electron chi connectivity index (χ1n) is 9.46. The first-order chi connectivity index (χ1) is 11.1. The van der Waals surface area contributed by atoms with E-state index in [1.165, 1.54) is 44.3 Å². The molecule has 1 aromatic heterocycles. The summed E-state index contributed by atoms with van der Waals surface area (Å²) in [5.41, 5.74) is 0.310. The van der Waals surface area contributed by atoms with E-state index >= 15 is 0 Å². The van der Waals surface area contributed by atoms with Crippen LogP contribution in [0.2, 0.25) is 0 Å². The molecule has 0 atom stereocenters. The van der Waals surface area contributed by atoms with Crippen LogP contribution < -0.4 is 4.90 Å². The molecule has 5 aliphatic rings. The van der Waals surface area contributed by atoms with Crippen molar-refractivity contribution in [2.45, 2.75) is 62.9 Å². The molecule has 1 aliphatic heterocycles. The molecule has 0 radical (unpaired) electrons. The van der Waals surface area contributed by atoms with E-state index < -0.39 is 0 Å². The van der Waals surface area contributed by atoms with Crippen LogP contribution in [0.25, 0.3) is 0 Å². The van der Waals surface area contributed by atoms with Gasteiger partial charge in [-0.1, -0.05) is 0 Å². The van der Waals surface area contributed by atoms with E-state index in [-0.39, 0.29) is 6.10 Å². The zero-order chi connectivity index (χ0) is 15.6. The number of hydrogen-bond acceptors (Lipinski definition) is 4. The lowest BCUT2D eigenvalue weighted by Crippen LogP contribution is -2.49. The average molecular weight is 316 g/mol. The molecule has 0 aromatic carbocycles. The largest absolute Gasteiger partial charge is 0.393 e. The Labute approximate surface area is 138 Å². The molecule has 5 fully saturated rings. The van der Waals surface area contributed by atoms with Gasteiger partial charge in [0.05, 0.1) is 6.10 Å². The van der Waals surface area contributed by atoms with E-state index in [1.54, 1.807) is 0 Å². The molecule has 1 N–H and O–H groups in total. The smallest absolute Gasteiger partial charge is 0.226 e. The molecule has 0 unspecified atom stereocenters. The standard InChI is InChI=1S/C18H28N4O/c1-21-16(19-20-17(21)22-4-2-15(23)3-5-22)18-9-12-6-13(10-18)8-14(7-12)11-18/h12-15,23H,2-11H2,1H3. The van der Waals surface area contributed by atoms with Crippen LogP contribution in [0.1, 0.15) is 57.2 Å². The lowest BCUT2D eigenvalue weighted by Gasteiger charge is -2.56. The second kappa shape index (κ2) is 4.95. The maximum absolute atomic E-state index is 9.73. The summed E-state index contributed by atoms with van der Waals surface area (Å²) >= 11 is 0. The second-order valence-corrected chi connectivity index (χ2v) is 8.80. The Bertz CT molecular complexity index is 567. The molecule has 5 heteroatoms. The van der Waals surface area contributed by atoms with Crippen molar-refractivity contribution in [2.75, 3.05) is 18.0 Å². The third-order valence-corrected chi connectivity index (χ3v) is 7.11. The minimum Gasteiger partial charge on any atom is -0.393 e. The highest BCUT2D eigenvalue weighted by molar-refractivity contribution is 5.34. The number of aliphatic hydroxyl groups is 1. The fourth-order valence-electron chi connectivity index (χ4n) is 6.51. The summed E-state index contributed by atoms with van der Waals surface area (Å²) in [6, 6.07) is 0. The monoisotopic (exact) mass is 316 g/mol. The number of aliphatic hydroxyl groups excluding tert-OH is 1. The van der Waals surface area contributed by atoms with Crippen LogP contribution in [0.4, 0.5) is 5.95 Å². The van der Waals surface area contributed by atoms with E-state index in [9.17, 15) is 5.11 Å². The molecule has 4 bridgehead atoms. The molecule has 1 aromatic rings. The van der Waals surface area contributed by atoms with Crippen LogP contribution in [0.3, 0.4) is 0 Å². The van der Waals surface area contributed by atoms with E-state index in [0.717, 1.165) is 49.6 Å². The zero-order valence-corrected chi connectivity index (χ0v) is 14.1. The van der Waals surface area contributed by atoms with Gasteiger partial charge in [0.25, 0.3) is 0 Å². The van der Waals surface area contributed by atoms with Crippen molar-refractivity contribution in [3.63, 3.8) is 0 Å². The van der Waals surface area contributed by atoms with Gasteiger partial charge in [-0.25, -0.2) is 0 Å². The molecule has 2 heterocycles. The van der Waals surface area contributed by atoms with Crippen LogP contribution in [-0.2, 0) is 12.5 Å². The normalized spacial score (nSPS) is 40.1. The van der Waals surface area contributed by atoms with Crippen molar-refractivity contribution >= 4 is 5.95 Å². The molecule has 4 saturated carbocycles. The summed E-state index contributed by atoms with van der Waals surface area (Å²) in [6.45, 7) is 1.79. The minimum atomic E-state index is -0.137. The molecular formula is C18H28N4O. The van der Waals surface area contributed by atoms with Crippen molar-refractivity contribution in [3.05, 3.63) is 5.82 Å². The Morgan fingerprint density at radius 2 is 1.52 bits per heavy atom.